The molecule has 0 aromatic carbocycles. The van der Waals surface area contributed by atoms with Gasteiger partial charge >= 0.3 is 0 Å². The average Bonchev–Trinajstić information content (AvgIpc) is 2.43. The maximum atomic E-state index is 12.3. The van der Waals surface area contributed by atoms with Gasteiger partial charge in [0.1, 0.15) is 4.90 Å². The Morgan fingerprint density at radius 2 is 2.00 bits per heavy atom. The van der Waals surface area contributed by atoms with Crippen LogP contribution in [0.1, 0.15) is 39.2 Å². The number of hydrogen-bond donors (Lipinski definition) is 2. The summed E-state index contributed by atoms with van der Waals surface area (Å²) in [6, 6.07) is 1.39. The zero-order valence-electron chi connectivity index (χ0n) is 12.8. The van der Waals surface area contributed by atoms with Gasteiger partial charge in [-0.25, -0.2) is 13.1 Å². The third-order valence-corrected chi connectivity index (χ3v) is 4.45. The van der Waals surface area contributed by atoms with E-state index in [1.807, 2.05) is 6.92 Å². The van der Waals surface area contributed by atoms with Gasteiger partial charge in [0.05, 0.1) is 6.54 Å². The molecule has 0 spiro atoms. The van der Waals surface area contributed by atoms with E-state index in [0.29, 0.717) is 11.5 Å². The van der Waals surface area contributed by atoms with Crippen molar-refractivity contribution in [1.82, 2.24) is 9.71 Å². The minimum absolute atomic E-state index is 0.115. The van der Waals surface area contributed by atoms with Crippen LogP contribution >= 0.6 is 0 Å². The first-order valence-electron chi connectivity index (χ1n) is 7.01. The van der Waals surface area contributed by atoms with Gasteiger partial charge in [-0.15, -0.1) is 0 Å². The molecular formula is C15H23N3O2S. The quantitative estimate of drug-likeness (QED) is 0.780. The number of hydrogen-bond acceptors (Lipinski definition) is 4. The Kier molecular flexibility index (Phi) is 6.82. The fraction of sp³-hybridized carbons (Fsp3) is 0.533. The molecule has 0 saturated heterocycles. The first kappa shape index (κ1) is 17.6. The molecule has 1 unspecified atom stereocenters. The van der Waals surface area contributed by atoms with Crippen LogP contribution in [0.15, 0.2) is 23.4 Å². The fourth-order valence-electron chi connectivity index (χ4n) is 1.76. The van der Waals surface area contributed by atoms with Crippen LogP contribution in [0.4, 0.5) is 0 Å². The van der Waals surface area contributed by atoms with Gasteiger partial charge in [0.15, 0.2) is 0 Å². The second-order valence-corrected chi connectivity index (χ2v) is 7.12. The van der Waals surface area contributed by atoms with Crippen LogP contribution in [-0.4, -0.2) is 26.0 Å². The first-order chi connectivity index (χ1) is 9.85. The summed E-state index contributed by atoms with van der Waals surface area (Å²) in [5.41, 5.74) is 5.84. The highest BCUT2D eigenvalue weighted by atomic mass is 32.2. The van der Waals surface area contributed by atoms with Crippen LogP contribution in [0.2, 0.25) is 0 Å². The molecule has 1 atom stereocenters. The monoisotopic (exact) mass is 309 g/mol. The summed E-state index contributed by atoms with van der Waals surface area (Å²) < 4.78 is 27.2. The zero-order valence-corrected chi connectivity index (χ0v) is 13.6. The third-order valence-electron chi connectivity index (χ3n) is 2.89. The highest BCUT2D eigenvalue weighted by molar-refractivity contribution is 7.89. The van der Waals surface area contributed by atoms with Crippen LogP contribution in [-0.2, 0) is 10.0 Å². The number of nitrogens with zero attached hydrogens (tertiary/aromatic N) is 1. The molecule has 0 saturated carbocycles. The van der Waals surface area contributed by atoms with Gasteiger partial charge < -0.3 is 5.73 Å². The molecule has 1 rings (SSSR count). The molecule has 116 valence electrons. The predicted octanol–water partition coefficient (Wildman–Crippen LogP) is 1.49. The van der Waals surface area contributed by atoms with Gasteiger partial charge in [0.25, 0.3) is 0 Å². The van der Waals surface area contributed by atoms with Gasteiger partial charge in [0, 0.05) is 24.0 Å². The van der Waals surface area contributed by atoms with Gasteiger partial charge in [-0.3, -0.25) is 4.98 Å². The standard InChI is InChI=1S/C15H23N3O2S/c1-12(2)6-7-13(3)18-21(19,20)15-9-14(5-4-8-16)10-17-11-15/h9-13,18H,6-8,16H2,1-3H3. The van der Waals surface area contributed by atoms with E-state index >= 15 is 0 Å². The number of pyridine rings is 1. The summed E-state index contributed by atoms with van der Waals surface area (Å²) in [5.74, 6) is 6.01. The van der Waals surface area contributed by atoms with Crippen molar-refractivity contribution in [3.05, 3.63) is 24.0 Å². The lowest BCUT2D eigenvalue weighted by Gasteiger charge is -2.15. The number of nitrogens with two attached hydrogens (primary N) is 1. The van der Waals surface area contributed by atoms with Crippen molar-refractivity contribution in [2.24, 2.45) is 11.7 Å². The molecule has 21 heavy (non-hydrogen) atoms. The van der Waals surface area contributed by atoms with E-state index in [2.05, 4.69) is 35.4 Å². The van der Waals surface area contributed by atoms with E-state index < -0.39 is 10.0 Å². The van der Waals surface area contributed by atoms with Gasteiger partial charge in [-0.1, -0.05) is 25.7 Å². The Hall–Kier alpha value is -1.42. The topological polar surface area (TPSA) is 85.1 Å². The molecule has 1 heterocycles. The molecule has 1 aromatic rings. The maximum Gasteiger partial charge on any atom is 0.242 e. The normalized spacial score (nSPS) is 12.8. The lowest BCUT2D eigenvalue weighted by atomic mass is 10.1. The van der Waals surface area contributed by atoms with Crippen molar-refractivity contribution in [1.29, 1.82) is 0 Å². The minimum Gasteiger partial charge on any atom is -0.320 e. The summed E-state index contributed by atoms with van der Waals surface area (Å²) in [5, 5.41) is 0. The molecule has 0 bridgehead atoms. The minimum atomic E-state index is -3.57. The van der Waals surface area contributed by atoms with Crippen LogP contribution in [0.3, 0.4) is 0 Å². The van der Waals surface area contributed by atoms with Crippen molar-refractivity contribution in [3.63, 3.8) is 0 Å². The van der Waals surface area contributed by atoms with Gasteiger partial charge in [0.2, 0.25) is 10.0 Å². The summed E-state index contributed by atoms with van der Waals surface area (Å²) >= 11 is 0. The molecule has 3 N–H and O–H groups in total. The van der Waals surface area contributed by atoms with E-state index in [0.717, 1.165) is 12.8 Å². The van der Waals surface area contributed by atoms with Crippen LogP contribution in [0.25, 0.3) is 0 Å². The Morgan fingerprint density at radius 3 is 2.62 bits per heavy atom. The summed E-state index contributed by atoms with van der Waals surface area (Å²) in [7, 11) is -3.57. The second-order valence-electron chi connectivity index (χ2n) is 5.41. The van der Waals surface area contributed by atoms with Crippen LogP contribution in [0, 0.1) is 17.8 Å². The maximum absolute atomic E-state index is 12.3. The third kappa shape index (κ3) is 6.25. The lowest BCUT2D eigenvalue weighted by molar-refractivity contribution is 0.485. The SMILES string of the molecule is CC(C)CCC(C)NS(=O)(=O)c1cncc(C#CCN)c1. The van der Waals surface area contributed by atoms with E-state index in [9.17, 15) is 8.42 Å². The van der Waals surface area contributed by atoms with E-state index in [-0.39, 0.29) is 17.5 Å². The molecular weight excluding hydrogens is 286 g/mol. The summed E-state index contributed by atoms with van der Waals surface area (Å²) in [4.78, 5) is 4.05. The predicted molar refractivity (Wildman–Crippen MR) is 84.0 cm³/mol. The number of rotatable bonds is 6. The summed E-state index contributed by atoms with van der Waals surface area (Å²) in [6.07, 6.45) is 4.62. The largest absolute Gasteiger partial charge is 0.320 e. The highest BCUT2D eigenvalue weighted by Gasteiger charge is 2.18. The highest BCUT2D eigenvalue weighted by Crippen LogP contribution is 2.12. The van der Waals surface area contributed by atoms with Gasteiger partial charge in [-0.05, 0) is 31.7 Å². The first-order valence-corrected chi connectivity index (χ1v) is 8.49. The van der Waals surface area contributed by atoms with E-state index in [4.69, 9.17) is 5.73 Å². The number of aromatic nitrogens is 1. The fourth-order valence-corrected chi connectivity index (χ4v) is 3.03. The Bertz CT molecular complexity index is 615. The van der Waals surface area contributed by atoms with Crippen molar-refractivity contribution in [3.8, 4) is 11.8 Å². The van der Waals surface area contributed by atoms with Crippen molar-refractivity contribution in [2.75, 3.05) is 6.54 Å². The van der Waals surface area contributed by atoms with E-state index in [1.165, 1.54) is 18.5 Å². The Balaban J connectivity index is 2.83. The molecule has 0 aliphatic carbocycles. The van der Waals surface area contributed by atoms with Crippen molar-refractivity contribution < 1.29 is 8.42 Å². The Labute approximate surface area is 127 Å². The smallest absolute Gasteiger partial charge is 0.242 e. The second kappa shape index (κ2) is 8.13. The molecule has 0 amide bonds. The number of sulfonamides is 1. The zero-order chi connectivity index (χ0) is 15.9. The van der Waals surface area contributed by atoms with Gasteiger partial charge in [-0.2, -0.15) is 0 Å². The molecule has 0 fully saturated rings. The summed E-state index contributed by atoms with van der Waals surface area (Å²) in [6.45, 7) is 6.32. The molecule has 0 aliphatic heterocycles. The van der Waals surface area contributed by atoms with Crippen LogP contribution < -0.4 is 10.5 Å². The molecule has 0 aliphatic rings. The Morgan fingerprint density at radius 1 is 1.29 bits per heavy atom. The number of nitrogens with one attached hydrogen (secondary N) is 1. The molecule has 0 radical (unpaired) electrons. The molecule has 1 aromatic heterocycles. The van der Waals surface area contributed by atoms with E-state index in [1.54, 1.807) is 0 Å². The van der Waals surface area contributed by atoms with Crippen LogP contribution in [0.5, 0.6) is 0 Å². The molecule has 5 nitrogen and oxygen atoms in total. The van der Waals surface area contributed by atoms with Crippen molar-refractivity contribution in [2.45, 2.75) is 44.6 Å². The molecule has 6 heteroatoms. The average molecular weight is 309 g/mol. The lowest BCUT2D eigenvalue weighted by Crippen LogP contribution is -2.32. The van der Waals surface area contributed by atoms with Crippen molar-refractivity contribution >= 4 is 10.0 Å².